The third-order valence-electron chi connectivity index (χ3n) is 1.79. The van der Waals surface area contributed by atoms with E-state index in [9.17, 15) is 4.79 Å². The van der Waals surface area contributed by atoms with E-state index in [1.807, 2.05) is 57.1 Å². The third kappa shape index (κ3) is 3.60. The number of ketones is 1. The van der Waals surface area contributed by atoms with E-state index in [1.165, 1.54) is 0 Å². The van der Waals surface area contributed by atoms with Gasteiger partial charge in [-0.1, -0.05) is 13.8 Å². The lowest BCUT2D eigenvalue weighted by Gasteiger charge is -2.11. The first kappa shape index (κ1) is 12.7. The first-order valence-corrected chi connectivity index (χ1v) is 4.89. The molecule has 14 heavy (non-hydrogen) atoms. The van der Waals surface area contributed by atoms with Crippen molar-refractivity contribution in [3.8, 4) is 0 Å². The minimum absolute atomic E-state index is 0.111. The Balaban J connectivity index is 0.000000791. The van der Waals surface area contributed by atoms with E-state index in [2.05, 4.69) is 0 Å². The standard InChI is InChI=1S/C10H13NO.C2H6/c1-8(12)9-4-6-10(7-5-9)11(2)3;1-2/h4-7H,1-3H3;1-2H3. The molecule has 0 aliphatic heterocycles. The Labute approximate surface area is 86.5 Å². The Morgan fingerprint density at radius 2 is 1.50 bits per heavy atom. The molecule has 0 aliphatic carbocycles. The molecule has 1 aromatic rings. The Hall–Kier alpha value is -1.31. The molecule has 2 heteroatoms. The van der Waals surface area contributed by atoms with Gasteiger partial charge >= 0.3 is 0 Å². The van der Waals surface area contributed by atoms with Crippen LogP contribution in [0.4, 0.5) is 5.69 Å². The number of carbonyl (C=O) groups excluding carboxylic acids is 1. The van der Waals surface area contributed by atoms with Gasteiger partial charge in [-0.05, 0) is 31.2 Å². The summed E-state index contributed by atoms with van der Waals surface area (Å²) in [5, 5.41) is 0. The molecule has 0 spiro atoms. The van der Waals surface area contributed by atoms with E-state index >= 15 is 0 Å². The lowest BCUT2D eigenvalue weighted by molar-refractivity contribution is 0.101. The predicted octanol–water partition coefficient (Wildman–Crippen LogP) is 2.98. The lowest BCUT2D eigenvalue weighted by Crippen LogP contribution is -2.08. The summed E-state index contributed by atoms with van der Waals surface area (Å²) >= 11 is 0. The molecule has 0 aromatic heterocycles. The molecular weight excluding hydrogens is 174 g/mol. The van der Waals surface area contributed by atoms with Crippen LogP contribution in [0.1, 0.15) is 31.1 Å². The molecule has 0 amide bonds. The quantitative estimate of drug-likeness (QED) is 0.673. The molecule has 0 N–H and O–H groups in total. The number of Topliss-reactive ketones (excluding diaryl/α,β-unsaturated/α-hetero) is 1. The Bertz CT molecular complexity index is 275. The highest BCUT2D eigenvalue weighted by molar-refractivity contribution is 5.94. The highest BCUT2D eigenvalue weighted by atomic mass is 16.1. The molecule has 0 saturated heterocycles. The third-order valence-corrected chi connectivity index (χ3v) is 1.79. The van der Waals surface area contributed by atoms with Crippen LogP contribution in [0.5, 0.6) is 0 Å². The largest absolute Gasteiger partial charge is 0.378 e. The van der Waals surface area contributed by atoms with Crippen molar-refractivity contribution < 1.29 is 4.79 Å². The Kier molecular flexibility index (Phi) is 5.61. The summed E-state index contributed by atoms with van der Waals surface area (Å²) in [6, 6.07) is 7.57. The molecule has 0 heterocycles. The second-order valence-electron chi connectivity index (χ2n) is 3.00. The highest BCUT2D eigenvalue weighted by Crippen LogP contribution is 2.12. The average Bonchev–Trinajstić information content (AvgIpc) is 2.21. The van der Waals surface area contributed by atoms with Gasteiger partial charge < -0.3 is 4.90 Å². The summed E-state index contributed by atoms with van der Waals surface area (Å²) in [5.74, 6) is 0.111. The second-order valence-corrected chi connectivity index (χ2v) is 3.00. The number of carbonyl (C=O) groups is 1. The molecule has 0 aliphatic rings. The van der Waals surface area contributed by atoms with E-state index in [4.69, 9.17) is 0 Å². The summed E-state index contributed by atoms with van der Waals surface area (Å²) in [4.78, 5) is 12.9. The van der Waals surface area contributed by atoms with Crippen LogP contribution in [-0.4, -0.2) is 19.9 Å². The van der Waals surface area contributed by atoms with Crippen molar-refractivity contribution in [1.82, 2.24) is 0 Å². The predicted molar refractivity (Wildman–Crippen MR) is 62.1 cm³/mol. The summed E-state index contributed by atoms with van der Waals surface area (Å²) < 4.78 is 0. The van der Waals surface area contributed by atoms with Crippen LogP contribution in [-0.2, 0) is 0 Å². The topological polar surface area (TPSA) is 20.3 Å². The van der Waals surface area contributed by atoms with Gasteiger partial charge in [0.15, 0.2) is 5.78 Å². The van der Waals surface area contributed by atoms with Gasteiger partial charge in [0.05, 0.1) is 0 Å². The Morgan fingerprint density at radius 3 is 1.79 bits per heavy atom. The normalized spacial score (nSPS) is 8.64. The molecule has 0 saturated carbocycles. The van der Waals surface area contributed by atoms with E-state index in [0.717, 1.165) is 11.3 Å². The van der Waals surface area contributed by atoms with Gasteiger partial charge in [-0.25, -0.2) is 0 Å². The van der Waals surface area contributed by atoms with Gasteiger partial charge in [0, 0.05) is 25.3 Å². The molecule has 1 aromatic carbocycles. The highest BCUT2D eigenvalue weighted by Gasteiger charge is 1.98. The molecule has 78 valence electrons. The van der Waals surface area contributed by atoms with Gasteiger partial charge in [-0.15, -0.1) is 0 Å². The van der Waals surface area contributed by atoms with Crippen molar-refractivity contribution in [3.63, 3.8) is 0 Å². The lowest BCUT2D eigenvalue weighted by atomic mass is 10.1. The molecule has 0 atom stereocenters. The van der Waals surface area contributed by atoms with Crippen LogP contribution in [0.2, 0.25) is 0 Å². The average molecular weight is 193 g/mol. The molecule has 0 fully saturated rings. The number of anilines is 1. The number of nitrogens with zero attached hydrogens (tertiary/aromatic N) is 1. The number of hydrogen-bond donors (Lipinski definition) is 0. The molecule has 0 bridgehead atoms. The maximum atomic E-state index is 10.9. The van der Waals surface area contributed by atoms with Gasteiger partial charge in [0.1, 0.15) is 0 Å². The summed E-state index contributed by atoms with van der Waals surface area (Å²) in [6.07, 6.45) is 0. The number of rotatable bonds is 2. The number of benzene rings is 1. The minimum atomic E-state index is 0.111. The summed E-state index contributed by atoms with van der Waals surface area (Å²) in [5.41, 5.74) is 1.88. The maximum Gasteiger partial charge on any atom is 0.159 e. The van der Waals surface area contributed by atoms with E-state index < -0.39 is 0 Å². The Morgan fingerprint density at radius 1 is 1.07 bits per heavy atom. The first-order chi connectivity index (χ1) is 6.61. The van der Waals surface area contributed by atoms with Crippen molar-refractivity contribution in [3.05, 3.63) is 29.8 Å². The van der Waals surface area contributed by atoms with Gasteiger partial charge in [0.25, 0.3) is 0 Å². The number of hydrogen-bond acceptors (Lipinski definition) is 2. The summed E-state index contributed by atoms with van der Waals surface area (Å²) in [7, 11) is 3.95. The molecule has 1 rings (SSSR count). The summed E-state index contributed by atoms with van der Waals surface area (Å²) in [6.45, 7) is 5.57. The minimum Gasteiger partial charge on any atom is -0.378 e. The van der Waals surface area contributed by atoms with Crippen molar-refractivity contribution in [2.24, 2.45) is 0 Å². The molecular formula is C12H19NO. The monoisotopic (exact) mass is 193 g/mol. The SMILES string of the molecule is CC.CC(=O)c1ccc(N(C)C)cc1. The van der Waals surface area contributed by atoms with E-state index in [-0.39, 0.29) is 5.78 Å². The van der Waals surface area contributed by atoms with Crippen molar-refractivity contribution >= 4 is 11.5 Å². The van der Waals surface area contributed by atoms with Crippen molar-refractivity contribution in [2.75, 3.05) is 19.0 Å². The molecule has 0 radical (unpaired) electrons. The van der Waals surface area contributed by atoms with Gasteiger partial charge in [-0.2, -0.15) is 0 Å². The molecule has 0 unspecified atom stereocenters. The van der Waals surface area contributed by atoms with Crippen LogP contribution in [0.25, 0.3) is 0 Å². The molecule has 2 nitrogen and oxygen atoms in total. The second kappa shape index (κ2) is 6.19. The smallest absolute Gasteiger partial charge is 0.159 e. The van der Waals surface area contributed by atoms with E-state index in [0.29, 0.717) is 0 Å². The zero-order valence-corrected chi connectivity index (χ0v) is 9.66. The van der Waals surface area contributed by atoms with Crippen LogP contribution in [0, 0.1) is 0 Å². The van der Waals surface area contributed by atoms with Crippen LogP contribution in [0.15, 0.2) is 24.3 Å². The van der Waals surface area contributed by atoms with Crippen LogP contribution in [0.3, 0.4) is 0 Å². The van der Waals surface area contributed by atoms with Crippen LogP contribution >= 0.6 is 0 Å². The fourth-order valence-electron chi connectivity index (χ4n) is 0.994. The first-order valence-electron chi connectivity index (χ1n) is 4.89. The van der Waals surface area contributed by atoms with Crippen LogP contribution < -0.4 is 4.90 Å². The van der Waals surface area contributed by atoms with Crippen molar-refractivity contribution in [1.29, 1.82) is 0 Å². The zero-order valence-electron chi connectivity index (χ0n) is 9.66. The van der Waals surface area contributed by atoms with Gasteiger partial charge in [0.2, 0.25) is 0 Å². The van der Waals surface area contributed by atoms with Crippen molar-refractivity contribution in [2.45, 2.75) is 20.8 Å². The van der Waals surface area contributed by atoms with E-state index in [1.54, 1.807) is 6.92 Å². The maximum absolute atomic E-state index is 10.9. The van der Waals surface area contributed by atoms with Gasteiger partial charge in [-0.3, -0.25) is 4.79 Å². The fourth-order valence-corrected chi connectivity index (χ4v) is 0.994. The zero-order chi connectivity index (χ0) is 11.1. The fraction of sp³-hybridized carbons (Fsp3) is 0.417.